The zero-order valence-electron chi connectivity index (χ0n) is 22.5. The Kier molecular flexibility index (Phi) is 17.1. The Balaban J connectivity index is 0.000000616. The second-order valence-electron chi connectivity index (χ2n) is 8.47. The molecule has 2 aliphatic rings. The predicted octanol–water partition coefficient (Wildman–Crippen LogP) is 10.1. The summed E-state index contributed by atoms with van der Waals surface area (Å²) in [5.41, 5.74) is 7.97. The number of allylic oxidation sites excluding steroid dienone is 8. The minimum atomic E-state index is 0. The van der Waals surface area contributed by atoms with Crippen LogP contribution in [0.5, 0.6) is 0 Å². The Labute approximate surface area is 262 Å². The van der Waals surface area contributed by atoms with Crippen LogP contribution in [-0.2, 0) is 21.6 Å². The molecule has 0 N–H and O–H groups in total. The van der Waals surface area contributed by atoms with Crippen molar-refractivity contribution in [3.8, 4) is 0 Å². The van der Waals surface area contributed by atoms with Gasteiger partial charge in [-0.2, -0.15) is 0 Å². The fourth-order valence-corrected chi connectivity index (χ4v) is 4.55. The molecule has 0 spiro atoms. The summed E-state index contributed by atoms with van der Waals surface area (Å²) in [6.07, 6.45) is 13.1. The van der Waals surface area contributed by atoms with Crippen molar-refractivity contribution in [2.24, 2.45) is 0 Å². The summed E-state index contributed by atoms with van der Waals surface area (Å²) in [4.78, 5) is 0. The van der Waals surface area contributed by atoms with Crippen molar-refractivity contribution >= 4 is 69.6 Å². The fraction of sp³-hybridized carbons (Fsp3) is 0.118. The fourth-order valence-electron chi connectivity index (χ4n) is 4.55. The molecule has 0 amide bonds. The van der Waals surface area contributed by atoms with E-state index in [9.17, 15) is 0 Å². The van der Waals surface area contributed by atoms with Crippen molar-refractivity contribution in [1.29, 1.82) is 0 Å². The van der Waals surface area contributed by atoms with Crippen LogP contribution >= 0.6 is 24.8 Å². The molecule has 0 nitrogen and oxygen atoms in total. The van der Waals surface area contributed by atoms with Gasteiger partial charge in [-0.3, -0.25) is 12.2 Å². The third kappa shape index (κ3) is 8.69. The number of halogens is 2. The van der Waals surface area contributed by atoms with Crippen LogP contribution in [0, 0.1) is 27.0 Å². The van der Waals surface area contributed by atoms with Crippen LogP contribution in [0.1, 0.15) is 37.8 Å². The molecule has 0 heterocycles. The average molecular weight is 677 g/mol. The van der Waals surface area contributed by atoms with E-state index in [2.05, 4.69) is 135 Å². The topological polar surface area (TPSA) is 0 Å². The normalized spacial score (nSPS) is 12.8. The summed E-state index contributed by atoms with van der Waals surface area (Å²) in [6, 6.07) is 30.1. The number of hydrogen-bond acceptors (Lipinski definition) is 0. The van der Waals surface area contributed by atoms with Crippen LogP contribution in [0.3, 0.4) is 0 Å². The van der Waals surface area contributed by atoms with Crippen molar-refractivity contribution in [2.75, 3.05) is 0 Å². The molecule has 0 fully saturated rings. The SMILES string of the molecule is CC1=[C-]CC(c2cccc3ccccc23)=C1.CC1=[C-]CC(c2cccc3ccccc23)=C1.Cl.Cl.[CH3-].[CH3-].[Ge]=[Zr]. The van der Waals surface area contributed by atoms with Crippen LogP contribution < -0.4 is 0 Å². The molecule has 4 heteroatoms. The molecule has 4 aromatic rings. The molecule has 6 rings (SSSR count). The van der Waals surface area contributed by atoms with Gasteiger partial charge in [-0.05, 0) is 32.7 Å². The van der Waals surface area contributed by atoms with Crippen molar-refractivity contribution in [3.05, 3.63) is 146 Å². The molecule has 0 saturated carbocycles. The van der Waals surface area contributed by atoms with Crippen LogP contribution in [0.2, 0.25) is 0 Å². The van der Waals surface area contributed by atoms with Crippen molar-refractivity contribution in [3.63, 3.8) is 0 Å². The van der Waals surface area contributed by atoms with E-state index in [4.69, 9.17) is 0 Å². The zero-order valence-corrected chi connectivity index (χ0v) is 28.7. The van der Waals surface area contributed by atoms with Gasteiger partial charge in [-0.15, -0.1) is 48.8 Å². The standard InChI is InChI=1S/2C16H13.2CH3.2ClH.Ge.Zr/c2*1-12-9-10-14(11-12)16-8-4-6-13-5-2-3-7-15(13)16;;;;;;/h2*2-8,11H,10H2,1H3;2*1H3;2*1H;;/q4*-1;;;;. The second-order valence-corrected chi connectivity index (χ2v) is 8.47. The Bertz CT molecular complexity index is 1340. The molecule has 2 aliphatic carbocycles. The van der Waals surface area contributed by atoms with Gasteiger partial charge in [0.15, 0.2) is 0 Å². The maximum absolute atomic E-state index is 3.36. The van der Waals surface area contributed by atoms with Gasteiger partial charge in [0.2, 0.25) is 0 Å². The summed E-state index contributed by atoms with van der Waals surface area (Å²) in [6.45, 7) is 4.22. The molecule has 0 aromatic heterocycles. The maximum atomic E-state index is 3.36. The Morgan fingerprint density at radius 2 is 0.895 bits per heavy atom. The van der Waals surface area contributed by atoms with Crippen LogP contribution in [0.25, 0.3) is 32.7 Å². The van der Waals surface area contributed by atoms with E-state index >= 15 is 0 Å². The molecule has 196 valence electrons. The second kappa shape index (κ2) is 17.9. The van der Waals surface area contributed by atoms with Gasteiger partial charge in [0, 0.05) is 0 Å². The summed E-state index contributed by atoms with van der Waals surface area (Å²) < 4.78 is 0. The molecule has 38 heavy (non-hydrogen) atoms. The molecular formula is C34H34Cl2GeZr-4. The van der Waals surface area contributed by atoms with Crippen molar-refractivity contribution < 1.29 is 21.6 Å². The van der Waals surface area contributed by atoms with Crippen LogP contribution in [-0.4, -0.2) is 12.1 Å². The quantitative estimate of drug-likeness (QED) is 0.146. The van der Waals surface area contributed by atoms with Crippen LogP contribution in [0.4, 0.5) is 0 Å². The van der Waals surface area contributed by atoms with Gasteiger partial charge in [-0.1, -0.05) is 98.8 Å². The molecule has 0 aliphatic heterocycles. The zero-order chi connectivity index (χ0) is 23.9. The molecule has 0 atom stereocenters. The number of hydrogen-bond donors (Lipinski definition) is 0. The Morgan fingerprint density at radius 1 is 0.553 bits per heavy atom. The van der Waals surface area contributed by atoms with Gasteiger partial charge in [0.1, 0.15) is 0 Å². The average Bonchev–Trinajstić information content (AvgIpc) is 3.53. The van der Waals surface area contributed by atoms with E-state index in [0.717, 1.165) is 12.8 Å². The summed E-state index contributed by atoms with van der Waals surface area (Å²) >= 11 is 3.64. The summed E-state index contributed by atoms with van der Waals surface area (Å²) in [5.74, 6) is 0. The van der Waals surface area contributed by atoms with E-state index in [1.54, 1.807) is 21.6 Å². The van der Waals surface area contributed by atoms with E-state index < -0.39 is 0 Å². The first-order valence-corrected chi connectivity index (χ1v) is 18.9. The third-order valence-electron chi connectivity index (χ3n) is 6.17. The van der Waals surface area contributed by atoms with Crippen molar-refractivity contribution in [1.82, 2.24) is 0 Å². The molecule has 0 bridgehead atoms. The Hall–Kier alpha value is -1.63. The minimum absolute atomic E-state index is 0. The monoisotopic (exact) mass is 676 g/mol. The van der Waals surface area contributed by atoms with Gasteiger partial charge < -0.3 is 14.9 Å². The summed E-state index contributed by atoms with van der Waals surface area (Å²) in [5, 5.41) is 5.30. The number of fused-ring (bicyclic) bond motifs is 2. The first-order valence-electron chi connectivity index (χ1n) is 11.5. The molecule has 4 aromatic carbocycles. The number of rotatable bonds is 2. The number of benzene rings is 4. The Morgan fingerprint density at radius 3 is 1.24 bits per heavy atom. The predicted molar refractivity (Wildman–Crippen MR) is 171 cm³/mol. The van der Waals surface area contributed by atoms with E-state index in [0.29, 0.717) is 0 Å². The first-order chi connectivity index (χ1) is 16.7. The van der Waals surface area contributed by atoms with E-state index in [1.165, 1.54) is 55.0 Å². The van der Waals surface area contributed by atoms with Crippen LogP contribution in [0.15, 0.2) is 108 Å². The third-order valence-corrected chi connectivity index (χ3v) is 6.17. The molecule has 0 unspecified atom stereocenters. The van der Waals surface area contributed by atoms with Gasteiger partial charge in [-0.25, -0.2) is 23.3 Å². The van der Waals surface area contributed by atoms with Gasteiger partial charge >= 0.3 is 33.7 Å². The van der Waals surface area contributed by atoms with Gasteiger partial charge in [0.25, 0.3) is 0 Å². The first kappa shape index (κ1) is 36.4. The van der Waals surface area contributed by atoms with E-state index in [1.807, 2.05) is 0 Å². The van der Waals surface area contributed by atoms with Crippen molar-refractivity contribution in [2.45, 2.75) is 26.7 Å². The molecular weight excluding hydrogens is 643 g/mol. The van der Waals surface area contributed by atoms with E-state index in [-0.39, 0.29) is 39.7 Å². The van der Waals surface area contributed by atoms with Gasteiger partial charge in [0.05, 0.1) is 0 Å². The molecule has 0 saturated heterocycles. The molecule has 2 radical (unpaired) electrons. The summed E-state index contributed by atoms with van der Waals surface area (Å²) in [7, 11) is 0.